The Morgan fingerprint density at radius 3 is 2.88 bits per heavy atom. The van der Waals surface area contributed by atoms with Gasteiger partial charge in [-0.2, -0.15) is 0 Å². The first-order valence-electron chi connectivity index (χ1n) is 6.10. The number of aliphatic hydroxyl groups is 1. The van der Waals surface area contributed by atoms with Crippen molar-refractivity contribution in [3.63, 3.8) is 0 Å². The van der Waals surface area contributed by atoms with Gasteiger partial charge in [-0.1, -0.05) is 12.1 Å². The van der Waals surface area contributed by atoms with Gasteiger partial charge in [-0.3, -0.25) is 0 Å². The van der Waals surface area contributed by atoms with E-state index in [-0.39, 0.29) is 0 Å². The summed E-state index contributed by atoms with van der Waals surface area (Å²) in [6.07, 6.45) is 1.91. The molecule has 0 spiro atoms. The predicted octanol–water partition coefficient (Wildman–Crippen LogP) is 0.960. The van der Waals surface area contributed by atoms with Gasteiger partial charge in [0, 0.05) is 38.7 Å². The number of imidazole rings is 1. The van der Waals surface area contributed by atoms with Gasteiger partial charge in [0.2, 0.25) is 0 Å². The summed E-state index contributed by atoms with van der Waals surface area (Å²) in [5.41, 5.74) is 2.26. The first-order valence-corrected chi connectivity index (χ1v) is 6.10. The highest BCUT2D eigenvalue weighted by Gasteiger charge is 2.25. The molecule has 0 aliphatic carbocycles. The lowest BCUT2D eigenvalue weighted by Crippen LogP contribution is -2.49. The molecule has 0 amide bonds. The number of fused-ring (bicyclic) bond motifs is 1. The number of nitrogens with zero attached hydrogens (tertiary/aromatic N) is 3. The minimum Gasteiger partial charge on any atom is -0.396 e. The van der Waals surface area contributed by atoms with Crippen molar-refractivity contribution in [1.29, 1.82) is 0 Å². The molecule has 1 fully saturated rings. The summed E-state index contributed by atoms with van der Waals surface area (Å²) in [7, 11) is 0. The van der Waals surface area contributed by atoms with Crippen LogP contribution in [0.25, 0.3) is 11.0 Å². The highest BCUT2D eigenvalue weighted by Crippen LogP contribution is 2.16. The molecule has 1 aliphatic rings. The van der Waals surface area contributed by atoms with Crippen molar-refractivity contribution < 1.29 is 5.11 Å². The molecule has 0 atom stereocenters. The molecule has 4 heteroatoms. The van der Waals surface area contributed by atoms with Gasteiger partial charge in [-0.05, 0) is 12.1 Å². The van der Waals surface area contributed by atoms with Crippen molar-refractivity contribution in [3.05, 3.63) is 30.6 Å². The Kier molecular flexibility index (Phi) is 2.82. The van der Waals surface area contributed by atoms with E-state index in [2.05, 4.69) is 20.5 Å². The summed E-state index contributed by atoms with van der Waals surface area (Å²) in [5, 5.41) is 8.96. The molecule has 0 unspecified atom stereocenters. The van der Waals surface area contributed by atoms with Gasteiger partial charge in [0.05, 0.1) is 17.4 Å². The van der Waals surface area contributed by atoms with E-state index in [1.165, 1.54) is 5.52 Å². The monoisotopic (exact) mass is 231 g/mol. The molecule has 1 aromatic heterocycles. The Morgan fingerprint density at radius 2 is 2.06 bits per heavy atom. The number of para-hydroxylation sites is 2. The van der Waals surface area contributed by atoms with Crippen molar-refractivity contribution in [2.75, 3.05) is 26.2 Å². The fraction of sp³-hybridized carbons (Fsp3) is 0.462. The van der Waals surface area contributed by atoms with Crippen molar-refractivity contribution in [3.8, 4) is 0 Å². The number of benzene rings is 1. The Hall–Kier alpha value is -1.39. The number of rotatable bonds is 4. The van der Waals surface area contributed by atoms with E-state index in [1.54, 1.807) is 0 Å². The van der Waals surface area contributed by atoms with Gasteiger partial charge in [-0.15, -0.1) is 0 Å². The molecule has 17 heavy (non-hydrogen) atoms. The lowest BCUT2D eigenvalue weighted by Gasteiger charge is -2.38. The highest BCUT2D eigenvalue weighted by atomic mass is 16.3. The average molecular weight is 231 g/mol. The number of hydrogen-bond donors (Lipinski definition) is 1. The predicted molar refractivity (Wildman–Crippen MR) is 66.7 cm³/mol. The minimum absolute atomic E-state index is 0.324. The molecule has 2 heterocycles. The van der Waals surface area contributed by atoms with Crippen LogP contribution < -0.4 is 0 Å². The third kappa shape index (κ3) is 2.06. The molecule has 4 nitrogen and oxygen atoms in total. The van der Waals surface area contributed by atoms with Crippen molar-refractivity contribution in [2.45, 2.75) is 6.54 Å². The zero-order chi connectivity index (χ0) is 11.7. The van der Waals surface area contributed by atoms with Crippen LogP contribution >= 0.6 is 0 Å². The number of likely N-dealkylation sites (tertiary alicyclic amines) is 1. The number of hydrogen-bond acceptors (Lipinski definition) is 3. The van der Waals surface area contributed by atoms with Crippen LogP contribution in [0.3, 0.4) is 0 Å². The lowest BCUT2D eigenvalue weighted by molar-refractivity contribution is 0.0517. The van der Waals surface area contributed by atoms with Crippen LogP contribution in [0.5, 0.6) is 0 Å². The van der Waals surface area contributed by atoms with Crippen LogP contribution in [-0.2, 0) is 6.54 Å². The Morgan fingerprint density at radius 1 is 1.24 bits per heavy atom. The SMILES string of the molecule is OCC1CN(CCn2cnc3ccccc32)C1. The normalized spacial score (nSPS) is 17.5. The minimum atomic E-state index is 0.324. The van der Waals surface area contributed by atoms with E-state index in [1.807, 2.05) is 24.5 Å². The number of aromatic nitrogens is 2. The van der Waals surface area contributed by atoms with Gasteiger partial charge >= 0.3 is 0 Å². The van der Waals surface area contributed by atoms with E-state index in [0.29, 0.717) is 12.5 Å². The van der Waals surface area contributed by atoms with Crippen molar-refractivity contribution >= 4 is 11.0 Å². The van der Waals surface area contributed by atoms with Gasteiger partial charge in [0.15, 0.2) is 0 Å². The zero-order valence-corrected chi connectivity index (χ0v) is 9.79. The van der Waals surface area contributed by atoms with Gasteiger partial charge in [0.25, 0.3) is 0 Å². The first kappa shape index (κ1) is 10.7. The standard InChI is InChI=1S/C13H17N3O/c17-9-11-7-15(8-11)5-6-16-10-14-12-3-1-2-4-13(12)16/h1-4,10-11,17H,5-9H2. The molecule has 1 aliphatic heterocycles. The summed E-state index contributed by atoms with van der Waals surface area (Å²) < 4.78 is 2.20. The van der Waals surface area contributed by atoms with Crippen molar-refractivity contribution in [1.82, 2.24) is 14.5 Å². The van der Waals surface area contributed by atoms with Gasteiger partial charge in [-0.25, -0.2) is 4.98 Å². The smallest absolute Gasteiger partial charge is 0.0958 e. The quantitative estimate of drug-likeness (QED) is 0.852. The third-order valence-corrected chi connectivity index (χ3v) is 3.48. The molecular weight excluding hydrogens is 214 g/mol. The van der Waals surface area contributed by atoms with Crippen LogP contribution in [0.2, 0.25) is 0 Å². The molecule has 0 saturated carbocycles. The first-order chi connectivity index (χ1) is 8.36. The fourth-order valence-corrected chi connectivity index (χ4v) is 2.41. The number of aliphatic hydroxyl groups excluding tert-OH is 1. The molecule has 0 bridgehead atoms. The van der Waals surface area contributed by atoms with Crippen molar-refractivity contribution in [2.24, 2.45) is 5.92 Å². The van der Waals surface area contributed by atoms with Crippen LogP contribution in [0, 0.1) is 5.92 Å². The Balaban J connectivity index is 1.62. The fourth-order valence-electron chi connectivity index (χ4n) is 2.41. The molecular formula is C13H17N3O. The zero-order valence-electron chi connectivity index (χ0n) is 9.79. The average Bonchev–Trinajstić information content (AvgIpc) is 2.71. The summed E-state index contributed by atoms with van der Waals surface area (Å²) in [6, 6.07) is 8.21. The third-order valence-electron chi connectivity index (χ3n) is 3.48. The van der Waals surface area contributed by atoms with E-state index in [0.717, 1.165) is 31.7 Å². The lowest BCUT2D eigenvalue weighted by atomic mass is 10.0. The van der Waals surface area contributed by atoms with E-state index in [9.17, 15) is 0 Å². The maximum Gasteiger partial charge on any atom is 0.0958 e. The second kappa shape index (κ2) is 4.47. The van der Waals surface area contributed by atoms with E-state index in [4.69, 9.17) is 5.11 Å². The largest absolute Gasteiger partial charge is 0.396 e. The second-order valence-electron chi connectivity index (χ2n) is 4.73. The Bertz CT molecular complexity index is 502. The molecule has 1 N–H and O–H groups in total. The maximum absolute atomic E-state index is 8.96. The topological polar surface area (TPSA) is 41.3 Å². The highest BCUT2D eigenvalue weighted by molar-refractivity contribution is 5.74. The molecule has 90 valence electrons. The molecule has 1 aromatic carbocycles. The summed E-state index contributed by atoms with van der Waals surface area (Å²) >= 11 is 0. The van der Waals surface area contributed by atoms with Gasteiger partial charge < -0.3 is 14.6 Å². The molecule has 1 saturated heterocycles. The maximum atomic E-state index is 8.96. The second-order valence-corrected chi connectivity index (χ2v) is 4.73. The van der Waals surface area contributed by atoms with Gasteiger partial charge in [0.1, 0.15) is 0 Å². The van der Waals surface area contributed by atoms with E-state index >= 15 is 0 Å². The van der Waals surface area contributed by atoms with Crippen LogP contribution in [0.15, 0.2) is 30.6 Å². The summed E-state index contributed by atoms with van der Waals surface area (Å²) in [4.78, 5) is 6.75. The summed E-state index contributed by atoms with van der Waals surface area (Å²) in [6.45, 7) is 4.40. The summed E-state index contributed by atoms with van der Waals surface area (Å²) in [5.74, 6) is 0.495. The van der Waals surface area contributed by atoms with E-state index < -0.39 is 0 Å². The Labute approximate surface area is 100 Å². The van der Waals surface area contributed by atoms with Crippen LogP contribution in [-0.4, -0.2) is 45.8 Å². The van der Waals surface area contributed by atoms with Crippen LogP contribution in [0.1, 0.15) is 0 Å². The van der Waals surface area contributed by atoms with Crippen LogP contribution in [0.4, 0.5) is 0 Å². The molecule has 2 aromatic rings. The molecule has 0 radical (unpaired) electrons. The molecule has 3 rings (SSSR count).